The van der Waals surface area contributed by atoms with E-state index in [1.54, 1.807) is 0 Å². The van der Waals surface area contributed by atoms with E-state index in [0.717, 1.165) is 43.6 Å². The first-order valence-electron chi connectivity index (χ1n) is 16.3. The van der Waals surface area contributed by atoms with Crippen LogP contribution in [0.25, 0.3) is 98.8 Å². The summed E-state index contributed by atoms with van der Waals surface area (Å²) in [5.41, 5.74) is 2.94. The maximum absolute atomic E-state index is 5.29. The van der Waals surface area contributed by atoms with Crippen molar-refractivity contribution in [3.63, 3.8) is 0 Å². The molecule has 0 aliphatic heterocycles. The van der Waals surface area contributed by atoms with Gasteiger partial charge < -0.3 is 0 Å². The number of benzene rings is 9. The van der Waals surface area contributed by atoms with Crippen LogP contribution in [-0.2, 0) is 0 Å². The lowest BCUT2D eigenvalue weighted by Gasteiger charge is -2.14. The van der Waals surface area contributed by atoms with Crippen molar-refractivity contribution in [1.29, 1.82) is 0 Å². The maximum Gasteiger partial charge on any atom is 0.164 e. The van der Waals surface area contributed by atoms with Gasteiger partial charge in [0.25, 0.3) is 0 Å². The molecule has 1 aromatic heterocycles. The van der Waals surface area contributed by atoms with E-state index in [1.807, 2.05) is 0 Å². The Balaban J connectivity index is 1.28. The van der Waals surface area contributed by atoms with Gasteiger partial charge in [-0.3, -0.25) is 0 Å². The predicted molar refractivity (Wildman–Crippen MR) is 201 cm³/mol. The van der Waals surface area contributed by atoms with E-state index in [2.05, 4.69) is 164 Å². The van der Waals surface area contributed by atoms with Gasteiger partial charge in [0.2, 0.25) is 0 Å². The number of nitrogens with zero attached hydrogens (tertiary/aromatic N) is 3. The number of hydrogen-bond donors (Lipinski definition) is 0. The molecule has 10 rings (SSSR count). The highest BCUT2D eigenvalue weighted by Gasteiger charge is 2.18. The molecule has 9 aromatic carbocycles. The molecule has 0 atom stereocenters. The molecular formula is C45H27N3. The Bertz CT molecular complexity index is 2770. The molecule has 3 nitrogen and oxygen atoms in total. The zero-order valence-electron chi connectivity index (χ0n) is 25.9. The Morgan fingerprint density at radius 1 is 0.250 bits per heavy atom. The monoisotopic (exact) mass is 609 g/mol. The predicted octanol–water partition coefficient (Wildman–Crippen LogP) is 11.8. The van der Waals surface area contributed by atoms with Gasteiger partial charge in [0, 0.05) is 16.7 Å². The van der Waals surface area contributed by atoms with Crippen molar-refractivity contribution in [2.45, 2.75) is 0 Å². The maximum atomic E-state index is 5.29. The van der Waals surface area contributed by atoms with Crippen LogP contribution in [-0.4, -0.2) is 15.0 Å². The van der Waals surface area contributed by atoms with Crippen LogP contribution >= 0.6 is 0 Å². The molecule has 0 aliphatic rings. The van der Waals surface area contributed by atoms with Gasteiger partial charge >= 0.3 is 0 Å². The highest BCUT2D eigenvalue weighted by Crippen LogP contribution is 2.38. The zero-order valence-corrected chi connectivity index (χ0v) is 25.9. The summed E-state index contributed by atoms with van der Waals surface area (Å²) in [7, 11) is 0. The van der Waals surface area contributed by atoms with Crippen molar-refractivity contribution in [1.82, 2.24) is 15.0 Å². The minimum atomic E-state index is 0.652. The Morgan fingerprint density at radius 3 is 1.19 bits per heavy atom. The summed E-state index contributed by atoms with van der Waals surface area (Å²) < 4.78 is 0. The van der Waals surface area contributed by atoms with Gasteiger partial charge in [-0.2, -0.15) is 0 Å². The van der Waals surface area contributed by atoms with Crippen LogP contribution in [0.4, 0.5) is 0 Å². The smallest absolute Gasteiger partial charge is 0.164 e. The van der Waals surface area contributed by atoms with Gasteiger partial charge in [-0.25, -0.2) is 15.0 Å². The molecule has 0 bridgehead atoms. The molecule has 0 saturated heterocycles. The van der Waals surface area contributed by atoms with E-state index in [9.17, 15) is 0 Å². The summed E-state index contributed by atoms with van der Waals surface area (Å²) in [6.45, 7) is 0. The summed E-state index contributed by atoms with van der Waals surface area (Å²) in [6.07, 6.45) is 0. The second-order valence-electron chi connectivity index (χ2n) is 12.4. The van der Waals surface area contributed by atoms with E-state index in [1.165, 1.54) is 37.7 Å². The fourth-order valence-corrected chi connectivity index (χ4v) is 7.38. The lowest BCUT2D eigenvalue weighted by Crippen LogP contribution is -2.01. The lowest BCUT2D eigenvalue weighted by atomic mass is 9.96. The highest BCUT2D eigenvalue weighted by molar-refractivity contribution is 6.15. The van der Waals surface area contributed by atoms with E-state index in [-0.39, 0.29) is 0 Å². The summed E-state index contributed by atoms with van der Waals surface area (Å²) >= 11 is 0. The third-order valence-electron chi connectivity index (χ3n) is 9.66. The molecule has 0 unspecified atom stereocenters. The van der Waals surface area contributed by atoms with Gasteiger partial charge in [-0.15, -0.1) is 0 Å². The third-order valence-corrected chi connectivity index (χ3v) is 9.66. The molecule has 48 heavy (non-hydrogen) atoms. The normalized spacial score (nSPS) is 11.8. The van der Waals surface area contributed by atoms with Crippen molar-refractivity contribution >= 4 is 64.6 Å². The van der Waals surface area contributed by atoms with Crippen molar-refractivity contribution in [3.8, 4) is 34.2 Å². The van der Waals surface area contributed by atoms with Crippen LogP contribution < -0.4 is 0 Å². The molecule has 0 spiro atoms. The van der Waals surface area contributed by atoms with Crippen LogP contribution in [0.15, 0.2) is 164 Å². The van der Waals surface area contributed by atoms with Gasteiger partial charge in [0.05, 0.1) is 0 Å². The topological polar surface area (TPSA) is 38.7 Å². The number of hydrogen-bond acceptors (Lipinski definition) is 3. The first-order valence-corrected chi connectivity index (χ1v) is 16.3. The van der Waals surface area contributed by atoms with Gasteiger partial charge in [-0.05, 0) is 82.8 Å². The molecule has 0 aliphatic carbocycles. The fraction of sp³-hybridized carbons (Fsp3) is 0. The Morgan fingerprint density at radius 2 is 0.625 bits per heavy atom. The molecule has 0 fully saturated rings. The third kappa shape index (κ3) is 4.18. The first kappa shape index (κ1) is 26.7. The van der Waals surface area contributed by atoms with E-state index in [4.69, 9.17) is 15.0 Å². The largest absolute Gasteiger partial charge is 0.208 e. The number of rotatable bonds is 3. The van der Waals surface area contributed by atoms with E-state index < -0.39 is 0 Å². The summed E-state index contributed by atoms with van der Waals surface area (Å²) in [6, 6.07) is 58.1. The van der Waals surface area contributed by atoms with Crippen molar-refractivity contribution in [2.75, 3.05) is 0 Å². The minimum absolute atomic E-state index is 0.652. The second-order valence-corrected chi connectivity index (χ2v) is 12.4. The second kappa shape index (κ2) is 10.5. The molecule has 1 heterocycles. The lowest BCUT2D eigenvalue weighted by molar-refractivity contribution is 1.08. The average Bonchev–Trinajstić information content (AvgIpc) is 3.16. The summed E-state index contributed by atoms with van der Waals surface area (Å²) in [4.78, 5) is 15.8. The summed E-state index contributed by atoms with van der Waals surface area (Å²) in [5.74, 6) is 1.97. The standard InChI is InChI=1S/C45H27N3/c1-4-14-33-28(11-1)21-22-31-25-32(23-24-36(31)33)43-46-44(41-26-29-12-2-5-15-34(29)37-17-7-9-19-39(37)41)48-45(47-43)42-27-30-13-3-6-16-35(30)38-18-8-10-20-40(38)42/h1-27H. The van der Waals surface area contributed by atoms with E-state index in [0.29, 0.717) is 17.5 Å². The van der Waals surface area contributed by atoms with Crippen molar-refractivity contribution in [3.05, 3.63) is 164 Å². The highest BCUT2D eigenvalue weighted by atomic mass is 15.0. The Labute approximate surface area is 276 Å². The van der Waals surface area contributed by atoms with Crippen LogP contribution in [0.1, 0.15) is 0 Å². The van der Waals surface area contributed by atoms with Gasteiger partial charge in [0.1, 0.15) is 0 Å². The first-order chi connectivity index (χ1) is 23.8. The Hall–Kier alpha value is -6.45. The van der Waals surface area contributed by atoms with Crippen molar-refractivity contribution in [2.24, 2.45) is 0 Å². The molecule has 0 amide bonds. The van der Waals surface area contributed by atoms with Gasteiger partial charge in [0.15, 0.2) is 17.5 Å². The quantitative estimate of drug-likeness (QED) is 0.187. The zero-order chi connectivity index (χ0) is 31.6. The molecule has 0 N–H and O–H groups in total. The minimum Gasteiger partial charge on any atom is -0.208 e. The SMILES string of the molecule is c1ccc2c(c1)ccc1cc(-c3nc(-c4cc5ccccc5c5ccccc45)nc(-c4cc5ccccc5c5ccccc45)n3)ccc12. The van der Waals surface area contributed by atoms with Crippen LogP contribution in [0, 0.1) is 0 Å². The van der Waals surface area contributed by atoms with Gasteiger partial charge in [-0.1, -0.05) is 146 Å². The average molecular weight is 610 g/mol. The molecule has 0 saturated carbocycles. The molecule has 10 aromatic rings. The molecule has 222 valence electrons. The van der Waals surface area contributed by atoms with Crippen LogP contribution in [0.2, 0.25) is 0 Å². The number of aromatic nitrogens is 3. The summed E-state index contributed by atoms with van der Waals surface area (Å²) in [5, 5.41) is 14.2. The van der Waals surface area contributed by atoms with E-state index >= 15 is 0 Å². The molecular weight excluding hydrogens is 583 g/mol. The van der Waals surface area contributed by atoms with Crippen LogP contribution in [0.5, 0.6) is 0 Å². The number of fused-ring (bicyclic) bond motifs is 9. The molecule has 3 heteroatoms. The van der Waals surface area contributed by atoms with Crippen LogP contribution in [0.3, 0.4) is 0 Å². The van der Waals surface area contributed by atoms with Crippen molar-refractivity contribution < 1.29 is 0 Å². The fourth-order valence-electron chi connectivity index (χ4n) is 7.38. The molecule has 0 radical (unpaired) electrons. The Kier molecular flexibility index (Phi) is 5.87.